The Balaban J connectivity index is 2.40. The number of para-hydroxylation sites is 1. The lowest BCUT2D eigenvalue weighted by Crippen LogP contribution is -2.70. The van der Waals surface area contributed by atoms with Gasteiger partial charge in [-0.25, -0.2) is 9.59 Å². The summed E-state index contributed by atoms with van der Waals surface area (Å²) in [6.45, 7) is 0.800. The number of hydrogen-bond acceptors (Lipinski definition) is 4. The average molecular weight is 449 g/mol. The van der Waals surface area contributed by atoms with Crippen molar-refractivity contribution in [1.82, 2.24) is 5.32 Å². The van der Waals surface area contributed by atoms with Gasteiger partial charge in [-0.1, -0.05) is 18.2 Å². The minimum atomic E-state index is -5.43. The summed E-state index contributed by atoms with van der Waals surface area (Å²) in [4.78, 5) is 24.5. The molecule has 2 rings (SSSR count). The summed E-state index contributed by atoms with van der Waals surface area (Å²) in [7, 11) is 0. The smallest absolute Gasteiger partial charge is 0.441 e. The van der Waals surface area contributed by atoms with Crippen molar-refractivity contribution in [2.45, 2.75) is 24.9 Å². The number of alkyl halides is 6. The van der Waals surface area contributed by atoms with Gasteiger partial charge < -0.3 is 15.4 Å². The van der Waals surface area contributed by atoms with Crippen molar-refractivity contribution < 1.29 is 40.7 Å². The van der Waals surface area contributed by atoms with Gasteiger partial charge in [0.1, 0.15) is 0 Å². The maximum Gasteiger partial charge on any atom is 0.441 e. The molecule has 0 saturated carbocycles. The summed E-state index contributed by atoms with van der Waals surface area (Å²) in [5.74, 6) is -1.90. The molecule has 0 aliphatic carbocycles. The first-order valence-corrected chi connectivity index (χ1v) is 8.72. The van der Waals surface area contributed by atoms with E-state index in [0.717, 1.165) is 0 Å². The van der Waals surface area contributed by atoms with E-state index in [0.29, 0.717) is 24.3 Å². The molecule has 0 heterocycles. The van der Waals surface area contributed by atoms with Crippen molar-refractivity contribution in [3.63, 3.8) is 0 Å². The molecule has 0 radical (unpaired) electrons. The summed E-state index contributed by atoms with van der Waals surface area (Å²) >= 11 is 0. The fraction of sp³-hybridized carbons (Fsp3) is 0.263. The van der Waals surface area contributed by atoms with Crippen LogP contribution in [-0.2, 0) is 15.7 Å². The maximum atomic E-state index is 14.0. The van der Waals surface area contributed by atoms with E-state index < -0.39 is 47.9 Å². The number of benzene rings is 2. The van der Waals surface area contributed by atoms with Crippen molar-refractivity contribution in [2.75, 3.05) is 17.2 Å². The number of esters is 1. The molecule has 0 unspecified atom stereocenters. The third kappa shape index (κ3) is 5.80. The highest BCUT2D eigenvalue weighted by Crippen LogP contribution is 2.35. The molecule has 0 spiro atoms. The Hall–Kier alpha value is -3.44. The Morgan fingerprint density at radius 1 is 0.871 bits per heavy atom. The number of amides is 2. The SMILES string of the molecule is CCOC(=O)[C@@](NC(=O)Nc1ccccc1)(Nc1ccc(C(F)(F)F)cc1)C(F)(F)F. The second kappa shape index (κ2) is 9.14. The molecular formula is C19H17F6N3O3. The molecule has 2 amide bonds. The molecule has 1 atom stereocenters. The van der Waals surface area contributed by atoms with E-state index in [1.807, 2.05) is 0 Å². The van der Waals surface area contributed by atoms with E-state index in [1.165, 1.54) is 36.5 Å². The number of carbonyl (C=O) groups is 2. The molecule has 0 aromatic heterocycles. The summed E-state index contributed by atoms with van der Waals surface area (Å²) in [6.07, 6.45) is -10.1. The third-order valence-corrected chi connectivity index (χ3v) is 3.88. The topological polar surface area (TPSA) is 79.5 Å². The van der Waals surface area contributed by atoms with Crippen molar-refractivity contribution >= 4 is 23.4 Å². The normalized spacial score (nSPS) is 13.6. The predicted molar refractivity (Wildman–Crippen MR) is 99.1 cm³/mol. The van der Waals surface area contributed by atoms with Gasteiger partial charge >= 0.3 is 30.0 Å². The summed E-state index contributed by atoms with van der Waals surface area (Å²) < 4.78 is 84.7. The zero-order valence-electron chi connectivity index (χ0n) is 15.9. The lowest BCUT2D eigenvalue weighted by molar-refractivity contribution is -0.204. The molecule has 0 fully saturated rings. The fourth-order valence-corrected chi connectivity index (χ4v) is 2.44. The van der Waals surface area contributed by atoms with E-state index in [-0.39, 0.29) is 5.69 Å². The van der Waals surface area contributed by atoms with Gasteiger partial charge in [0.15, 0.2) is 0 Å². The van der Waals surface area contributed by atoms with Crippen molar-refractivity contribution in [3.8, 4) is 0 Å². The van der Waals surface area contributed by atoms with Gasteiger partial charge in [0.05, 0.1) is 12.2 Å². The van der Waals surface area contributed by atoms with Gasteiger partial charge in [-0.15, -0.1) is 0 Å². The van der Waals surface area contributed by atoms with Gasteiger partial charge in [0.25, 0.3) is 0 Å². The number of ether oxygens (including phenoxy) is 1. The van der Waals surface area contributed by atoms with Crippen molar-refractivity contribution in [3.05, 3.63) is 60.2 Å². The van der Waals surface area contributed by atoms with E-state index >= 15 is 0 Å². The van der Waals surface area contributed by atoms with Gasteiger partial charge in [0, 0.05) is 11.4 Å². The highest BCUT2D eigenvalue weighted by Gasteiger charge is 2.63. The molecular weight excluding hydrogens is 432 g/mol. The number of halogens is 6. The van der Waals surface area contributed by atoms with Crippen LogP contribution in [0.2, 0.25) is 0 Å². The summed E-state index contributed by atoms with van der Waals surface area (Å²) in [5, 5.41) is 5.42. The minimum Gasteiger partial charge on any atom is -0.463 e. The van der Waals surface area contributed by atoms with E-state index in [2.05, 4.69) is 10.1 Å². The molecule has 0 aliphatic heterocycles. The Kier molecular flexibility index (Phi) is 7.03. The van der Waals surface area contributed by atoms with Gasteiger partial charge in [0.2, 0.25) is 0 Å². The monoisotopic (exact) mass is 449 g/mol. The summed E-state index contributed by atoms with van der Waals surface area (Å²) in [6, 6.07) is 8.45. The lowest BCUT2D eigenvalue weighted by Gasteiger charge is -2.35. The predicted octanol–water partition coefficient (Wildman–Crippen LogP) is 4.76. The number of urea groups is 1. The third-order valence-electron chi connectivity index (χ3n) is 3.88. The quantitative estimate of drug-likeness (QED) is 0.338. The second-order valence-corrected chi connectivity index (χ2v) is 6.11. The van der Waals surface area contributed by atoms with Crippen LogP contribution in [0.4, 0.5) is 42.5 Å². The maximum absolute atomic E-state index is 14.0. The second-order valence-electron chi connectivity index (χ2n) is 6.11. The zero-order valence-corrected chi connectivity index (χ0v) is 15.9. The van der Waals surface area contributed by atoms with Crippen molar-refractivity contribution in [2.24, 2.45) is 0 Å². The molecule has 0 aliphatic rings. The largest absolute Gasteiger partial charge is 0.463 e. The standard InChI is InChI=1S/C19H17F6N3O3/c1-2-31-15(29)17(19(23,24)25,28-16(30)26-13-6-4-3-5-7-13)27-14-10-8-12(9-11-14)18(20,21)22/h3-11,27H,2H2,1H3,(H2,26,28,30)/t17-/m0/s1. The van der Waals surface area contributed by atoms with Crippen LogP contribution in [0.1, 0.15) is 12.5 Å². The zero-order chi connectivity index (χ0) is 23.3. The Morgan fingerprint density at radius 2 is 1.45 bits per heavy atom. The molecule has 2 aromatic rings. The van der Waals surface area contributed by atoms with Crippen LogP contribution in [0, 0.1) is 0 Å². The Bertz CT molecular complexity index is 901. The fourth-order valence-electron chi connectivity index (χ4n) is 2.44. The van der Waals surface area contributed by atoms with Crippen LogP contribution in [0.25, 0.3) is 0 Å². The number of nitrogens with one attached hydrogen (secondary N) is 3. The summed E-state index contributed by atoms with van der Waals surface area (Å²) in [5.41, 5.74) is -5.27. The van der Waals surface area contributed by atoms with Gasteiger partial charge in [-0.3, -0.25) is 5.32 Å². The highest BCUT2D eigenvalue weighted by molar-refractivity contribution is 5.96. The molecule has 6 nitrogen and oxygen atoms in total. The Morgan fingerprint density at radius 3 is 1.94 bits per heavy atom. The highest BCUT2D eigenvalue weighted by atomic mass is 19.4. The Labute approximate surface area is 172 Å². The first-order chi connectivity index (χ1) is 14.4. The first-order valence-electron chi connectivity index (χ1n) is 8.72. The molecule has 31 heavy (non-hydrogen) atoms. The van der Waals surface area contributed by atoms with Gasteiger partial charge in [-0.2, -0.15) is 26.3 Å². The molecule has 0 saturated heterocycles. The van der Waals surface area contributed by atoms with Crippen LogP contribution in [0.3, 0.4) is 0 Å². The van der Waals surface area contributed by atoms with E-state index in [4.69, 9.17) is 0 Å². The molecule has 12 heteroatoms. The van der Waals surface area contributed by atoms with E-state index in [1.54, 1.807) is 11.4 Å². The van der Waals surface area contributed by atoms with E-state index in [9.17, 15) is 35.9 Å². The molecule has 3 N–H and O–H groups in total. The molecule has 2 aromatic carbocycles. The number of hydrogen-bond donors (Lipinski definition) is 3. The van der Waals surface area contributed by atoms with Crippen LogP contribution < -0.4 is 16.0 Å². The minimum absolute atomic E-state index is 0.134. The number of anilines is 2. The molecule has 0 bridgehead atoms. The molecule has 168 valence electrons. The van der Waals surface area contributed by atoms with Gasteiger partial charge in [-0.05, 0) is 43.3 Å². The number of carbonyl (C=O) groups excluding carboxylic acids is 2. The first kappa shape index (κ1) is 23.8. The lowest BCUT2D eigenvalue weighted by atomic mass is 10.1. The van der Waals surface area contributed by atoms with Crippen LogP contribution in [0.15, 0.2) is 54.6 Å². The van der Waals surface area contributed by atoms with Crippen molar-refractivity contribution in [1.29, 1.82) is 0 Å². The van der Waals surface area contributed by atoms with Crippen LogP contribution in [0.5, 0.6) is 0 Å². The number of rotatable bonds is 6. The average Bonchev–Trinajstić information content (AvgIpc) is 2.67. The van der Waals surface area contributed by atoms with Crippen LogP contribution >= 0.6 is 0 Å². The van der Waals surface area contributed by atoms with Crippen LogP contribution in [-0.4, -0.2) is 30.4 Å².